The zero-order chi connectivity index (χ0) is 13.1. The maximum Gasteiger partial charge on any atom is 0.148 e. The number of nitrogens with zero attached hydrogens (tertiary/aromatic N) is 2. The number of aryl methyl sites for hydroxylation is 2. The van der Waals surface area contributed by atoms with E-state index in [2.05, 4.69) is 45.9 Å². The molecule has 0 radical (unpaired) electrons. The molecule has 18 heavy (non-hydrogen) atoms. The highest BCUT2D eigenvalue weighted by Gasteiger charge is 2.05. The number of pyridine rings is 1. The van der Waals surface area contributed by atoms with E-state index in [0.717, 1.165) is 11.4 Å². The van der Waals surface area contributed by atoms with Gasteiger partial charge in [-0.15, -0.1) is 0 Å². The van der Waals surface area contributed by atoms with E-state index >= 15 is 0 Å². The van der Waals surface area contributed by atoms with Crippen molar-refractivity contribution in [2.75, 3.05) is 5.32 Å². The zero-order valence-corrected chi connectivity index (χ0v) is 12.3. The van der Waals surface area contributed by atoms with Crippen molar-refractivity contribution in [2.45, 2.75) is 13.8 Å². The van der Waals surface area contributed by atoms with Gasteiger partial charge in [-0.3, -0.25) is 0 Å². The van der Waals surface area contributed by atoms with Gasteiger partial charge in [-0.1, -0.05) is 6.07 Å². The van der Waals surface area contributed by atoms with Gasteiger partial charge in [0, 0.05) is 15.0 Å². The van der Waals surface area contributed by atoms with Gasteiger partial charge in [-0.25, -0.2) is 4.98 Å². The standard InChI is InChI=1S/C14H12IN3/c1-9-3-6-12(7-13(9)15)18-14-11(8-16)5-4-10(2)17-14/h3-7H,1-2H3,(H,17,18). The first-order valence-electron chi connectivity index (χ1n) is 5.51. The van der Waals surface area contributed by atoms with E-state index in [1.807, 2.05) is 31.2 Å². The van der Waals surface area contributed by atoms with Crippen molar-refractivity contribution in [2.24, 2.45) is 0 Å². The van der Waals surface area contributed by atoms with Crippen molar-refractivity contribution in [3.05, 3.63) is 50.7 Å². The topological polar surface area (TPSA) is 48.7 Å². The number of rotatable bonds is 2. The van der Waals surface area contributed by atoms with Crippen molar-refractivity contribution < 1.29 is 0 Å². The van der Waals surface area contributed by atoms with Gasteiger partial charge in [0.15, 0.2) is 0 Å². The molecule has 2 aromatic rings. The minimum absolute atomic E-state index is 0.552. The van der Waals surface area contributed by atoms with Crippen LogP contribution in [0.2, 0.25) is 0 Å². The van der Waals surface area contributed by atoms with Crippen molar-refractivity contribution in [3.8, 4) is 6.07 Å². The van der Waals surface area contributed by atoms with Gasteiger partial charge < -0.3 is 5.32 Å². The molecule has 0 atom stereocenters. The molecule has 0 aliphatic rings. The quantitative estimate of drug-likeness (QED) is 0.836. The second-order valence-electron chi connectivity index (χ2n) is 4.05. The molecule has 0 aliphatic carbocycles. The monoisotopic (exact) mass is 349 g/mol. The molecule has 0 amide bonds. The van der Waals surface area contributed by atoms with E-state index < -0.39 is 0 Å². The van der Waals surface area contributed by atoms with E-state index in [4.69, 9.17) is 5.26 Å². The second-order valence-corrected chi connectivity index (χ2v) is 5.21. The maximum absolute atomic E-state index is 9.05. The minimum Gasteiger partial charge on any atom is -0.339 e. The lowest BCUT2D eigenvalue weighted by atomic mass is 10.2. The number of hydrogen-bond donors (Lipinski definition) is 1. The van der Waals surface area contributed by atoms with Crippen LogP contribution in [0.3, 0.4) is 0 Å². The fraction of sp³-hybridized carbons (Fsp3) is 0.143. The Balaban J connectivity index is 2.36. The number of anilines is 2. The molecule has 0 bridgehead atoms. The van der Waals surface area contributed by atoms with Crippen LogP contribution in [0.1, 0.15) is 16.8 Å². The summed E-state index contributed by atoms with van der Waals surface area (Å²) in [5, 5.41) is 12.2. The van der Waals surface area contributed by atoms with Crippen LogP contribution < -0.4 is 5.32 Å². The van der Waals surface area contributed by atoms with E-state index in [9.17, 15) is 0 Å². The highest BCUT2D eigenvalue weighted by atomic mass is 127. The summed E-state index contributed by atoms with van der Waals surface area (Å²) in [6, 6.07) is 11.8. The Bertz CT molecular complexity index is 629. The summed E-state index contributed by atoms with van der Waals surface area (Å²) in [5.41, 5.74) is 3.62. The molecule has 90 valence electrons. The van der Waals surface area contributed by atoms with E-state index in [-0.39, 0.29) is 0 Å². The molecular formula is C14H12IN3. The van der Waals surface area contributed by atoms with E-state index in [0.29, 0.717) is 11.4 Å². The Morgan fingerprint density at radius 2 is 2.00 bits per heavy atom. The molecular weight excluding hydrogens is 337 g/mol. The molecule has 0 spiro atoms. The molecule has 1 aromatic heterocycles. The maximum atomic E-state index is 9.05. The third-order valence-corrected chi connectivity index (χ3v) is 3.75. The lowest BCUT2D eigenvalue weighted by Gasteiger charge is -2.09. The van der Waals surface area contributed by atoms with Crippen LogP contribution in [-0.2, 0) is 0 Å². The number of nitrogens with one attached hydrogen (secondary N) is 1. The summed E-state index contributed by atoms with van der Waals surface area (Å²) in [6.45, 7) is 3.97. The SMILES string of the molecule is Cc1ccc(C#N)c(Nc2ccc(C)c(I)c2)n1. The summed E-state index contributed by atoms with van der Waals surface area (Å²) in [7, 11) is 0. The molecule has 0 unspecified atom stereocenters. The Labute approximate surface area is 120 Å². The van der Waals surface area contributed by atoms with Crippen LogP contribution in [0.4, 0.5) is 11.5 Å². The van der Waals surface area contributed by atoms with Crippen molar-refractivity contribution in [1.29, 1.82) is 5.26 Å². The van der Waals surface area contributed by atoms with Gasteiger partial charge in [-0.05, 0) is 66.3 Å². The van der Waals surface area contributed by atoms with Crippen molar-refractivity contribution >= 4 is 34.1 Å². The molecule has 1 heterocycles. The summed E-state index contributed by atoms with van der Waals surface area (Å²) >= 11 is 2.29. The number of nitriles is 1. The summed E-state index contributed by atoms with van der Waals surface area (Å²) in [6.07, 6.45) is 0. The molecule has 0 aliphatic heterocycles. The van der Waals surface area contributed by atoms with Crippen LogP contribution in [0.15, 0.2) is 30.3 Å². The highest BCUT2D eigenvalue weighted by molar-refractivity contribution is 14.1. The molecule has 2 rings (SSSR count). The predicted octanol–water partition coefficient (Wildman–Crippen LogP) is 3.92. The van der Waals surface area contributed by atoms with Crippen LogP contribution in [0.25, 0.3) is 0 Å². The average molecular weight is 349 g/mol. The van der Waals surface area contributed by atoms with E-state index in [1.165, 1.54) is 9.13 Å². The number of halogens is 1. The van der Waals surface area contributed by atoms with Gasteiger partial charge in [0.1, 0.15) is 11.9 Å². The fourth-order valence-electron chi connectivity index (χ4n) is 1.55. The Kier molecular flexibility index (Phi) is 3.82. The Morgan fingerprint density at radius 3 is 2.67 bits per heavy atom. The zero-order valence-electron chi connectivity index (χ0n) is 10.2. The highest BCUT2D eigenvalue weighted by Crippen LogP contribution is 2.22. The number of hydrogen-bond acceptors (Lipinski definition) is 3. The first-order valence-corrected chi connectivity index (χ1v) is 6.59. The molecule has 3 nitrogen and oxygen atoms in total. The Morgan fingerprint density at radius 1 is 1.22 bits per heavy atom. The van der Waals surface area contributed by atoms with Crippen LogP contribution in [-0.4, -0.2) is 4.98 Å². The molecule has 4 heteroatoms. The molecule has 0 fully saturated rings. The third-order valence-electron chi connectivity index (χ3n) is 2.59. The van der Waals surface area contributed by atoms with E-state index in [1.54, 1.807) is 6.07 Å². The van der Waals surface area contributed by atoms with Crippen molar-refractivity contribution in [3.63, 3.8) is 0 Å². The summed E-state index contributed by atoms with van der Waals surface area (Å²) in [4.78, 5) is 4.36. The van der Waals surface area contributed by atoms with Crippen LogP contribution >= 0.6 is 22.6 Å². The smallest absolute Gasteiger partial charge is 0.148 e. The van der Waals surface area contributed by atoms with Gasteiger partial charge in [-0.2, -0.15) is 5.26 Å². The first-order chi connectivity index (χ1) is 8.60. The minimum atomic E-state index is 0.552. The van der Waals surface area contributed by atoms with Gasteiger partial charge in [0.25, 0.3) is 0 Å². The Hall–Kier alpha value is -1.61. The van der Waals surface area contributed by atoms with Crippen LogP contribution in [0, 0.1) is 28.7 Å². The molecule has 0 saturated carbocycles. The molecule has 0 saturated heterocycles. The van der Waals surface area contributed by atoms with Crippen molar-refractivity contribution in [1.82, 2.24) is 4.98 Å². The number of benzene rings is 1. The largest absolute Gasteiger partial charge is 0.339 e. The van der Waals surface area contributed by atoms with Gasteiger partial charge in [0.2, 0.25) is 0 Å². The molecule has 1 N–H and O–H groups in total. The number of aromatic nitrogens is 1. The fourth-order valence-corrected chi connectivity index (χ4v) is 2.06. The summed E-state index contributed by atoms with van der Waals surface area (Å²) < 4.78 is 1.18. The second kappa shape index (κ2) is 5.36. The first kappa shape index (κ1) is 12.8. The third kappa shape index (κ3) is 2.79. The summed E-state index contributed by atoms with van der Waals surface area (Å²) in [5.74, 6) is 0.608. The van der Waals surface area contributed by atoms with Gasteiger partial charge in [0.05, 0.1) is 5.56 Å². The normalized spacial score (nSPS) is 9.89. The van der Waals surface area contributed by atoms with Crippen LogP contribution in [0.5, 0.6) is 0 Å². The molecule has 1 aromatic carbocycles. The average Bonchev–Trinajstić information content (AvgIpc) is 2.34. The lowest BCUT2D eigenvalue weighted by molar-refractivity contribution is 1.19. The predicted molar refractivity (Wildman–Crippen MR) is 80.9 cm³/mol. The van der Waals surface area contributed by atoms with Gasteiger partial charge >= 0.3 is 0 Å². The lowest BCUT2D eigenvalue weighted by Crippen LogP contribution is -1.98.